The van der Waals surface area contributed by atoms with Crippen molar-refractivity contribution in [3.63, 3.8) is 0 Å². The van der Waals surface area contributed by atoms with Gasteiger partial charge in [-0.15, -0.1) is 0 Å². The fraction of sp³-hybridized carbons (Fsp3) is 0.312. The zero-order valence-electron chi connectivity index (χ0n) is 11.5. The van der Waals surface area contributed by atoms with Crippen molar-refractivity contribution in [3.8, 4) is 0 Å². The number of rotatable bonds is 4. The third kappa shape index (κ3) is 3.58. The molecule has 3 heteroatoms. The van der Waals surface area contributed by atoms with Crippen LogP contribution in [0.15, 0.2) is 52.5 Å². The number of aromatic nitrogens is 1. The van der Waals surface area contributed by atoms with E-state index < -0.39 is 6.10 Å². The minimum Gasteiger partial charge on any atom is -0.389 e. The summed E-state index contributed by atoms with van der Waals surface area (Å²) >= 11 is 1.59. The second kappa shape index (κ2) is 6.22. The molecule has 1 atom stereocenters. The Kier molecular flexibility index (Phi) is 4.61. The van der Waals surface area contributed by atoms with Crippen LogP contribution in [-0.2, 0) is 0 Å². The normalized spacial score (nSPS) is 12.7. The molecule has 100 valence electrons. The average molecular weight is 273 g/mol. The van der Waals surface area contributed by atoms with Gasteiger partial charge in [0.25, 0.3) is 0 Å². The minimum atomic E-state index is -0.494. The van der Waals surface area contributed by atoms with Crippen LogP contribution < -0.4 is 0 Å². The lowest BCUT2D eigenvalue weighted by Crippen LogP contribution is -1.95. The second-order valence-corrected chi connectivity index (χ2v) is 5.96. The van der Waals surface area contributed by atoms with Crippen LogP contribution in [-0.4, -0.2) is 10.1 Å². The molecule has 0 bridgehead atoms. The minimum absolute atomic E-state index is 0.494. The molecule has 0 aliphatic rings. The van der Waals surface area contributed by atoms with Crippen molar-refractivity contribution in [1.29, 1.82) is 0 Å². The summed E-state index contributed by atoms with van der Waals surface area (Å²) in [5.41, 5.74) is 2.21. The summed E-state index contributed by atoms with van der Waals surface area (Å²) in [6, 6.07) is 12.3. The molecule has 0 saturated carbocycles. The van der Waals surface area contributed by atoms with Gasteiger partial charge in [-0.2, -0.15) is 0 Å². The molecule has 1 unspecified atom stereocenters. The van der Waals surface area contributed by atoms with E-state index in [2.05, 4.69) is 43.1 Å². The number of nitrogens with zero attached hydrogens (tertiary/aromatic N) is 1. The summed E-state index contributed by atoms with van der Waals surface area (Å²) < 4.78 is 0. The summed E-state index contributed by atoms with van der Waals surface area (Å²) in [7, 11) is 0. The highest BCUT2D eigenvalue weighted by Crippen LogP contribution is 2.32. The van der Waals surface area contributed by atoms with Crippen LogP contribution in [0.2, 0.25) is 0 Å². The quantitative estimate of drug-likeness (QED) is 0.895. The molecule has 0 spiro atoms. The molecule has 0 radical (unpaired) electrons. The highest BCUT2D eigenvalue weighted by Gasteiger charge is 2.10. The SMILES string of the molecule is CC(C)c1ccc(Sc2ncccc2C(C)O)cc1. The summed E-state index contributed by atoms with van der Waals surface area (Å²) in [6.45, 7) is 6.14. The van der Waals surface area contributed by atoms with Gasteiger partial charge in [-0.1, -0.05) is 43.8 Å². The Labute approximate surface area is 118 Å². The summed E-state index contributed by atoms with van der Waals surface area (Å²) in [5, 5.41) is 10.6. The van der Waals surface area contributed by atoms with E-state index in [-0.39, 0.29) is 0 Å². The van der Waals surface area contributed by atoms with Gasteiger partial charge in [-0.25, -0.2) is 4.98 Å². The van der Waals surface area contributed by atoms with Gasteiger partial charge in [0.15, 0.2) is 0 Å². The van der Waals surface area contributed by atoms with Crippen LogP contribution >= 0.6 is 11.8 Å². The number of aliphatic hydroxyl groups excluding tert-OH is 1. The van der Waals surface area contributed by atoms with E-state index in [1.807, 2.05) is 12.1 Å². The average Bonchev–Trinajstić information content (AvgIpc) is 2.39. The Bertz CT molecular complexity index is 535. The molecular formula is C16H19NOS. The smallest absolute Gasteiger partial charge is 0.106 e. The first-order valence-electron chi connectivity index (χ1n) is 6.48. The zero-order valence-corrected chi connectivity index (χ0v) is 12.3. The van der Waals surface area contributed by atoms with E-state index in [0.717, 1.165) is 15.5 Å². The van der Waals surface area contributed by atoms with Crippen LogP contribution in [0.4, 0.5) is 0 Å². The van der Waals surface area contributed by atoms with Crippen LogP contribution in [0.5, 0.6) is 0 Å². The maximum absolute atomic E-state index is 9.75. The zero-order chi connectivity index (χ0) is 13.8. The molecule has 1 heterocycles. The van der Waals surface area contributed by atoms with Crippen LogP contribution in [0.3, 0.4) is 0 Å². The number of benzene rings is 1. The molecule has 2 nitrogen and oxygen atoms in total. The molecular weight excluding hydrogens is 254 g/mol. The number of hydrogen-bond donors (Lipinski definition) is 1. The Morgan fingerprint density at radius 3 is 2.32 bits per heavy atom. The van der Waals surface area contributed by atoms with Crippen LogP contribution in [0.25, 0.3) is 0 Å². The van der Waals surface area contributed by atoms with Crippen LogP contribution in [0, 0.1) is 0 Å². The predicted octanol–water partition coefficient (Wildman–Crippen LogP) is 4.41. The first-order chi connectivity index (χ1) is 9.08. The largest absolute Gasteiger partial charge is 0.389 e. The fourth-order valence-corrected chi connectivity index (χ4v) is 2.80. The Balaban J connectivity index is 2.21. The fourth-order valence-electron chi connectivity index (χ4n) is 1.84. The summed E-state index contributed by atoms with van der Waals surface area (Å²) in [6.07, 6.45) is 1.27. The molecule has 1 aromatic heterocycles. The molecule has 1 aromatic carbocycles. The Hall–Kier alpha value is -1.32. The summed E-state index contributed by atoms with van der Waals surface area (Å²) in [5.74, 6) is 0.543. The highest BCUT2D eigenvalue weighted by atomic mass is 32.2. The van der Waals surface area contributed by atoms with E-state index in [9.17, 15) is 5.11 Å². The van der Waals surface area contributed by atoms with Gasteiger partial charge >= 0.3 is 0 Å². The van der Waals surface area contributed by atoms with Gasteiger partial charge in [-0.3, -0.25) is 0 Å². The van der Waals surface area contributed by atoms with Crippen LogP contribution in [0.1, 0.15) is 43.9 Å². The van der Waals surface area contributed by atoms with Crippen molar-refractivity contribution in [2.45, 2.75) is 42.7 Å². The maximum atomic E-state index is 9.75. The van der Waals surface area contributed by atoms with Crippen molar-refractivity contribution in [2.24, 2.45) is 0 Å². The molecule has 0 aliphatic heterocycles. The molecule has 0 aliphatic carbocycles. The first-order valence-corrected chi connectivity index (χ1v) is 7.30. The molecule has 2 aromatic rings. The predicted molar refractivity (Wildman–Crippen MR) is 79.5 cm³/mol. The van der Waals surface area contributed by atoms with E-state index in [1.54, 1.807) is 24.9 Å². The van der Waals surface area contributed by atoms with Gasteiger partial charge in [0.05, 0.1) is 6.10 Å². The molecule has 0 saturated heterocycles. The van der Waals surface area contributed by atoms with Crippen molar-refractivity contribution in [2.75, 3.05) is 0 Å². The van der Waals surface area contributed by atoms with E-state index >= 15 is 0 Å². The molecule has 0 amide bonds. The lowest BCUT2D eigenvalue weighted by molar-refractivity contribution is 0.195. The number of hydrogen-bond acceptors (Lipinski definition) is 3. The second-order valence-electron chi connectivity index (χ2n) is 4.90. The maximum Gasteiger partial charge on any atom is 0.106 e. The molecule has 2 rings (SSSR count). The number of pyridine rings is 1. The third-order valence-electron chi connectivity index (χ3n) is 3.01. The highest BCUT2D eigenvalue weighted by molar-refractivity contribution is 7.99. The van der Waals surface area contributed by atoms with Crippen molar-refractivity contribution < 1.29 is 5.11 Å². The van der Waals surface area contributed by atoms with Gasteiger partial charge in [-0.05, 0) is 36.6 Å². The van der Waals surface area contributed by atoms with E-state index in [0.29, 0.717) is 5.92 Å². The topological polar surface area (TPSA) is 33.1 Å². The van der Waals surface area contributed by atoms with E-state index in [1.165, 1.54) is 5.56 Å². The monoisotopic (exact) mass is 273 g/mol. The van der Waals surface area contributed by atoms with Crippen molar-refractivity contribution in [1.82, 2.24) is 4.98 Å². The van der Waals surface area contributed by atoms with Crippen molar-refractivity contribution >= 4 is 11.8 Å². The lowest BCUT2D eigenvalue weighted by Gasteiger charge is -2.11. The molecule has 19 heavy (non-hydrogen) atoms. The van der Waals surface area contributed by atoms with Gasteiger partial charge in [0.2, 0.25) is 0 Å². The van der Waals surface area contributed by atoms with Gasteiger partial charge in [0, 0.05) is 16.7 Å². The van der Waals surface area contributed by atoms with Gasteiger partial charge in [0.1, 0.15) is 5.03 Å². The third-order valence-corrected chi connectivity index (χ3v) is 4.05. The summed E-state index contributed by atoms with van der Waals surface area (Å²) in [4.78, 5) is 5.50. The van der Waals surface area contributed by atoms with Gasteiger partial charge < -0.3 is 5.11 Å². The molecule has 1 N–H and O–H groups in total. The number of aliphatic hydroxyl groups is 1. The Morgan fingerprint density at radius 1 is 1.05 bits per heavy atom. The standard InChI is InChI=1S/C16H19NOS/c1-11(2)13-6-8-14(9-7-13)19-16-15(12(3)18)5-4-10-17-16/h4-12,18H,1-3H3. The first kappa shape index (κ1) is 14.1. The lowest BCUT2D eigenvalue weighted by atomic mass is 10.0. The van der Waals surface area contributed by atoms with Crippen molar-refractivity contribution in [3.05, 3.63) is 53.7 Å². The Morgan fingerprint density at radius 2 is 1.74 bits per heavy atom. The molecule has 0 fully saturated rings. The van der Waals surface area contributed by atoms with E-state index in [4.69, 9.17) is 0 Å².